The Balaban J connectivity index is 1.99. The van der Waals surface area contributed by atoms with Crippen LogP contribution in [-0.2, 0) is 0 Å². The second kappa shape index (κ2) is 3.77. The average Bonchev–Trinajstić information content (AvgIpc) is 2.19. The lowest BCUT2D eigenvalue weighted by atomic mass is 9.85. The van der Waals surface area contributed by atoms with Crippen molar-refractivity contribution in [3.63, 3.8) is 0 Å². The van der Waals surface area contributed by atoms with Gasteiger partial charge in [0, 0.05) is 31.9 Å². The van der Waals surface area contributed by atoms with Gasteiger partial charge in [-0.3, -0.25) is 0 Å². The van der Waals surface area contributed by atoms with Crippen LogP contribution in [0.1, 0.15) is 20.3 Å². The van der Waals surface area contributed by atoms with E-state index < -0.39 is 0 Å². The summed E-state index contributed by atoms with van der Waals surface area (Å²) in [6, 6.07) is 0. The lowest BCUT2D eigenvalue weighted by Crippen LogP contribution is -2.42. The van der Waals surface area contributed by atoms with Gasteiger partial charge in [0.1, 0.15) is 0 Å². The van der Waals surface area contributed by atoms with E-state index in [1.54, 1.807) is 0 Å². The van der Waals surface area contributed by atoms with Crippen LogP contribution in [0.3, 0.4) is 0 Å². The predicted molar refractivity (Wildman–Crippen MR) is 60.1 cm³/mol. The minimum Gasteiger partial charge on any atom is -0.369 e. The second-order valence-electron chi connectivity index (χ2n) is 4.89. The van der Waals surface area contributed by atoms with Crippen molar-refractivity contribution in [2.45, 2.75) is 20.3 Å². The summed E-state index contributed by atoms with van der Waals surface area (Å²) in [7, 11) is 0. The van der Waals surface area contributed by atoms with E-state index in [4.69, 9.17) is 0 Å². The molecule has 1 aliphatic heterocycles. The molecule has 1 heterocycles. The van der Waals surface area contributed by atoms with E-state index in [9.17, 15) is 0 Å². The quantitative estimate of drug-likeness (QED) is 0.681. The molecular formula is C12H20N2. The fourth-order valence-electron chi connectivity index (χ4n) is 1.97. The summed E-state index contributed by atoms with van der Waals surface area (Å²) in [5.41, 5.74) is 1.78. The lowest BCUT2D eigenvalue weighted by molar-refractivity contribution is 0.301. The molecule has 0 aromatic heterocycles. The molecular weight excluding hydrogens is 172 g/mol. The summed E-state index contributed by atoms with van der Waals surface area (Å²) in [4.78, 5) is 2.47. The zero-order valence-corrected chi connectivity index (χ0v) is 9.21. The molecule has 2 aliphatic rings. The highest BCUT2D eigenvalue weighted by molar-refractivity contribution is 5.25. The first-order chi connectivity index (χ1) is 6.67. The molecule has 1 fully saturated rings. The molecule has 0 bridgehead atoms. The lowest BCUT2D eigenvalue weighted by Gasteiger charge is -2.33. The SMILES string of the molecule is CC1(C)C=CC(N2CCNCC2)=CC1. The number of rotatable bonds is 1. The molecule has 1 N–H and O–H groups in total. The monoisotopic (exact) mass is 192 g/mol. The summed E-state index contributed by atoms with van der Waals surface area (Å²) in [6.45, 7) is 9.11. The van der Waals surface area contributed by atoms with Crippen LogP contribution in [-0.4, -0.2) is 31.1 Å². The van der Waals surface area contributed by atoms with Crippen molar-refractivity contribution in [2.24, 2.45) is 5.41 Å². The molecule has 0 aromatic rings. The molecule has 0 atom stereocenters. The Hall–Kier alpha value is -0.760. The van der Waals surface area contributed by atoms with Gasteiger partial charge in [-0.15, -0.1) is 0 Å². The van der Waals surface area contributed by atoms with E-state index >= 15 is 0 Å². The van der Waals surface area contributed by atoms with Gasteiger partial charge >= 0.3 is 0 Å². The molecule has 2 nitrogen and oxygen atoms in total. The van der Waals surface area contributed by atoms with Crippen molar-refractivity contribution in [3.8, 4) is 0 Å². The fraction of sp³-hybridized carbons (Fsp3) is 0.667. The Bertz CT molecular complexity index is 257. The topological polar surface area (TPSA) is 15.3 Å². The van der Waals surface area contributed by atoms with Crippen molar-refractivity contribution in [1.29, 1.82) is 0 Å². The Morgan fingerprint density at radius 2 is 2.00 bits per heavy atom. The van der Waals surface area contributed by atoms with Gasteiger partial charge in [0.2, 0.25) is 0 Å². The van der Waals surface area contributed by atoms with Crippen LogP contribution in [0, 0.1) is 5.41 Å². The second-order valence-corrected chi connectivity index (χ2v) is 4.89. The number of piperazine rings is 1. The highest BCUT2D eigenvalue weighted by atomic mass is 15.2. The number of hydrogen-bond acceptors (Lipinski definition) is 2. The van der Waals surface area contributed by atoms with Gasteiger partial charge in [0.25, 0.3) is 0 Å². The largest absolute Gasteiger partial charge is 0.369 e. The molecule has 0 aromatic carbocycles. The number of hydrogen-bond donors (Lipinski definition) is 1. The first-order valence-electron chi connectivity index (χ1n) is 5.52. The zero-order chi connectivity index (χ0) is 10.0. The highest BCUT2D eigenvalue weighted by Gasteiger charge is 2.19. The summed E-state index contributed by atoms with van der Waals surface area (Å²) in [5.74, 6) is 0. The normalized spacial score (nSPS) is 26.1. The molecule has 78 valence electrons. The number of allylic oxidation sites excluding steroid dienone is 3. The van der Waals surface area contributed by atoms with E-state index in [0.29, 0.717) is 5.41 Å². The van der Waals surface area contributed by atoms with E-state index in [-0.39, 0.29) is 0 Å². The Labute approximate surface area is 86.7 Å². The van der Waals surface area contributed by atoms with Crippen molar-refractivity contribution < 1.29 is 0 Å². The maximum atomic E-state index is 3.38. The van der Waals surface area contributed by atoms with E-state index in [2.05, 4.69) is 42.3 Å². The maximum absolute atomic E-state index is 3.38. The molecule has 0 radical (unpaired) electrons. The molecule has 1 saturated heterocycles. The first-order valence-corrected chi connectivity index (χ1v) is 5.52. The Morgan fingerprint density at radius 1 is 1.29 bits per heavy atom. The smallest absolute Gasteiger partial charge is 0.0323 e. The van der Waals surface area contributed by atoms with Crippen LogP contribution in [0.2, 0.25) is 0 Å². The molecule has 0 unspecified atom stereocenters. The van der Waals surface area contributed by atoms with E-state index in [1.807, 2.05) is 0 Å². The van der Waals surface area contributed by atoms with Gasteiger partial charge in [-0.25, -0.2) is 0 Å². The Morgan fingerprint density at radius 3 is 2.57 bits per heavy atom. The zero-order valence-electron chi connectivity index (χ0n) is 9.21. The predicted octanol–water partition coefficient (Wildman–Crippen LogP) is 1.76. The van der Waals surface area contributed by atoms with Crippen molar-refractivity contribution in [1.82, 2.24) is 10.2 Å². The summed E-state index contributed by atoms with van der Waals surface area (Å²) < 4.78 is 0. The van der Waals surface area contributed by atoms with Crippen molar-refractivity contribution in [2.75, 3.05) is 26.2 Å². The fourth-order valence-corrected chi connectivity index (χ4v) is 1.97. The van der Waals surface area contributed by atoms with Gasteiger partial charge in [-0.2, -0.15) is 0 Å². The van der Waals surface area contributed by atoms with Gasteiger partial charge in [-0.05, 0) is 17.9 Å². The minimum atomic E-state index is 0.359. The molecule has 2 rings (SSSR count). The van der Waals surface area contributed by atoms with Crippen LogP contribution in [0.25, 0.3) is 0 Å². The first kappa shape index (κ1) is 9.78. The van der Waals surface area contributed by atoms with Crippen molar-refractivity contribution in [3.05, 3.63) is 23.9 Å². The minimum absolute atomic E-state index is 0.359. The maximum Gasteiger partial charge on any atom is 0.0323 e. The molecule has 0 spiro atoms. The molecule has 0 saturated carbocycles. The van der Waals surface area contributed by atoms with Gasteiger partial charge in [0.15, 0.2) is 0 Å². The summed E-state index contributed by atoms with van der Waals surface area (Å²) in [6.07, 6.45) is 8.17. The molecule has 2 heteroatoms. The van der Waals surface area contributed by atoms with Crippen LogP contribution in [0.4, 0.5) is 0 Å². The average molecular weight is 192 g/mol. The van der Waals surface area contributed by atoms with Crippen LogP contribution >= 0.6 is 0 Å². The number of nitrogens with zero attached hydrogens (tertiary/aromatic N) is 1. The third kappa shape index (κ3) is 2.18. The van der Waals surface area contributed by atoms with Crippen LogP contribution < -0.4 is 5.32 Å². The molecule has 14 heavy (non-hydrogen) atoms. The molecule has 1 aliphatic carbocycles. The van der Waals surface area contributed by atoms with E-state index in [1.165, 1.54) is 12.1 Å². The summed E-state index contributed by atoms with van der Waals surface area (Å²) in [5, 5.41) is 3.38. The molecule has 0 amide bonds. The van der Waals surface area contributed by atoms with Gasteiger partial charge < -0.3 is 10.2 Å². The van der Waals surface area contributed by atoms with Gasteiger partial charge in [0.05, 0.1) is 0 Å². The standard InChI is InChI=1S/C12H20N2/c1-12(2)5-3-11(4-6-12)14-9-7-13-8-10-14/h3-5,13H,6-10H2,1-2H3. The third-order valence-corrected chi connectivity index (χ3v) is 3.02. The number of nitrogens with one attached hydrogen (secondary N) is 1. The van der Waals surface area contributed by atoms with Crippen LogP contribution in [0.5, 0.6) is 0 Å². The highest BCUT2D eigenvalue weighted by Crippen LogP contribution is 2.29. The van der Waals surface area contributed by atoms with E-state index in [0.717, 1.165) is 26.2 Å². The van der Waals surface area contributed by atoms with Crippen molar-refractivity contribution >= 4 is 0 Å². The third-order valence-electron chi connectivity index (χ3n) is 3.02. The van der Waals surface area contributed by atoms with Crippen LogP contribution in [0.15, 0.2) is 23.9 Å². The summed E-state index contributed by atoms with van der Waals surface area (Å²) >= 11 is 0. The Kier molecular flexibility index (Phi) is 2.64. The van der Waals surface area contributed by atoms with Gasteiger partial charge in [-0.1, -0.05) is 26.0 Å².